The van der Waals surface area contributed by atoms with Crippen molar-refractivity contribution in [2.75, 3.05) is 4.72 Å². The van der Waals surface area contributed by atoms with Crippen molar-refractivity contribution in [3.8, 4) is 0 Å². The maximum atomic E-state index is 13.4. The number of benzene rings is 1. The van der Waals surface area contributed by atoms with E-state index in [-0.39, 0.29) is 5.56 Å². The Hall–Kier alpha value is -2.00. The molecule has 20 heavy (non-hydrogen) atoms. The van der Waals surface area contributed by atoms with Gasteiger partial charge in [0, 0.05) is 17.3 Å². The number of rotatable bonds is 4. The van der Waals surface area contributed by atoms with Gasteiger partial charge < -0.3 is 5.11 Å². The van der Waals surface area contributed by atoms with Crippen molar-refractivity contribution in [1.29, 1.82) is 0 Å². The molecule has 0 aliphatic carbocycles. The van der Waals surface area contributed by atoms with Gasteiger partial charge in [-0.1, -0.05) is 0 Å². The molecule has 3 N–H and O–H groups in total. The lowest BCUT2D eigenvalue weighted by Crippen LogP contribution is -2.16. The summed E-state index contributed by atoms with van der Waals surface area (Å²) in [5.41, 5.74) is -0.101. The highest BCUT2D eigenvalue weighted by Crippen LogP contribution is 2.22. The Labute approximate surface area is 113 Å². The van der Waals surface area contributed by atoms with Gasteiger partial charge in [-0.05, 0) is 19.1 Å². The summed E-state index contributed by atoms with van der Waals surface area (Å²) in [5, 5.41) is 14.6. The van der Waals surface area contributed by atoms with Crippen LogP contribution in [-0.4, -0.2) is 23.7 Å². The molecule has 6 nitrogen and oxygen atoms in total. The van der Waals surface area contributed by atoms with Gasteiger partial charge in [-0.15, -0.1) is 0 Å². The SMILES string of the molecule is Cc1[nH]nc(S(=O)(=O)Nc2cc(F)ccc2F)c1CO. The van der Waals surface area contributed by atoms with E-state index >= 15 is 0 Å². The van der Waals surface area contributed by atoms with Gasteiger partial charge in [0.25, 0.3) is 10.0 Å². The third kappa shape index (κ3) is 2.63. The van der Waals surface area contributed by atoms with Crippen LogP contribution in [-0.2, 0) is 16.6 Å². The molecule has 0 radical (unpaired) electrons. The Kier molecular flexibility index (Phi) is 3.73. The van der Waals surface area contributed by atoms with Gasteiger partial charge in [0.15, 0.2) is 0 Å². The largest absolute Gasteiger partial charge is 0.392 e. The maximum Gasteiger partial charge on any atom is 0.281 e. The fraction of sp³-hybridized carbons (Fsp3) is 0.182. The smallest absolute Gasteiger partial charge is 0.281 e. The number of aryl methyl sites for hydroxylation is 1. The third-order valence-corrected chi connectivity index (χ3v) is 3.96. The van der Waals surface area contributed by atoms with Gasteiger partial charge >= 0.3 is 0 Å². The number of H-pyrrole nitrogens is 1. The van der Waals surface area contributed by atoms with Crippen LogP contribution in [0.15, 0.2) is 23.2 Å². The fourth-order valence-corrected chi connectivity index (χ4v) is 2.86. The highest BCUT2D eigenvalue weighted by atomic mass is 32.2. The van der Waals surface area contributed by atoms with Crippen LogP contribution in [0.5, 0.6) is 0 Å². The second kappa shape index (κ2) is 5.17. The number of aliphatic hydroxyl groups is 1. The molecule has 108 valence electrons. The molecular weight excluding hydrogens is 292 g/mol. The first-order valence-electron chi connectivity index (χ1n) is 5.47. The van der Waals surface area contributed by atoms with Gasteiger partial charge in [0.2, 0.25) is 5.03 Å². The molecule has 1 aromatic carbocycles. The average Bonchev–Trinajstić information content (AvgIpc) is 2.75. The minimum absolute atomic E-state index is 0.0642. The Morgan fingerprint density at radius 3 is 2.75 bits per heavy atom. The second-order valence-electron chi connectivity index (χ2n) is 4.02. The summed E-state index contributed by atoms with van der Waals surface area (Å²) in [4.78, 5) is 0. The van der Waals surface area contributed by atoms with E-state index in [4.69, 9.17) is 5.11 Å². The van der Waals surface area contributed by atoms with Crippen LogP contribution < -0.4 is 4.72 Å². The van der Waals surface area contributed by atoms with Crippen LogP contribution in [0.25, 0.3) is 0 Å². The monoisotopic (exact) mass is 303 g/mol. The molecule has 0 amide bonds. The maximum absolute atomic E-state index is 13.4. The molecule has 1 heterocycles. The topological polar surface area (TPSA) is 95.1 Å². The number of sulfonamides is 1. The lowest BCUT2D eigenvalue weighted by atomic mass is 10.3. The van der Waals surface area contributed by atoms with Crippen LogP contribution >= 0.6 is 0 Å². The number of aromatic nitrogens is 2. The van der Waals surface area contributed by atoms with Crippen LogP contribution in [0.2, 0.25) is 0 Å². The van der Waals surface area contributed by atoms with Gasteiger partial charge in [0.1, 0.15) is 11.6 Å². The van der Waals surface area contributed by atoms with E-state index in [0.717, 1.165) is 12.1 Å². The van der Waals surface area contributed by atoms with Gasteiger partial charge in [-0.25, -0.2) is 8.78 Å². The number of aliphatic hydroxyl groups excluding tert-OH is 1. The lowest BCUT2D eigenvalue weighted by Gasteiger charge is -2.08. The number of hydrogen-bond donors (Lipinski definition) is 3. The average molecular weight is 303 g/mol. The first kappa shape index (κ1) is 14.4. The molecule has 2 aromatic rings. The molecule has 0 spiro atoms. The second-order valence-corrected chi connectivity index (χ2v) is 5.62. The van der Waals surface area contributed by atoms with Crippen molar-refractivity contribution in [2.45, 2.75) is 18.6 Å². The number of aromatic amines is 1. The molecule has 0 bridgehead atoms. The summed E-state index contributed by atoms with van der Waals surface area (Å²) in [6, 6.07) is 2.38. The third-order valence-electron chi connectivity index (χ3n) is 2.62. The van der Waals surface area contributed by atoms with E-state index in [0.29, 0.717) is 11.8 Å². The summed E-state index contributed by atoms with van der Waals surface area (Å²) in [5.74, 6) is -1.71. The molecule has 0 saturated heterocycles. The van der Waals surface area contributed by atoms with E-state index in [1.54, 1.807) is 0 Å². The number of nitrogens with zero attached hydrogens (tertiary/aromatic N) is 1. The lowest BCUT2D eigenvalue weighted by molar-refractivity contribution is 0.277. The zero-order valence-electron chi connectivity index (χ0n) is 10.3. The van der Waals surface area contributed by atoms with E-state index in [1.807, 2.05) is 4.72 Å². The van der Waals surface area contributed by atoms with Crippen molar-refractivity contribution in [3.05, 3.63) is 41.1 Å². The zero-order chi connectivity index (χ0) is 14.9. The molecule has 1 aromatic heterocycles. The molecule has 9 heteroatoms. The molecule has 0 aliphatic heterocycles. The summed E-state index contributed by atoms with van der Waals surface area (Å²) >= 11 is 0. The minimum Gasteiger partial charge on any atom is -0.392 e. The highest BCUT2D eigenvalue weighted by Gasteiger charge is 2.24. The quantitative estimate of drug-likeness (QED) is 0.793. The first-order chi connectivity index (χ1) is 9.35. The summed E-state index contributed by atoms with van der Waals surface area (Å²) in [7, 11) is -4.23. The minimum atomic E-state index is -4.23. The highest BCUT2D eigenvalue weighted by molar-refractivity contribution is 7.92. The van der Waals surface area contributed by atoms with Crippen LogP contribution in [0, 0.1) is 18.6 Å². The van der Waals surface area contributed by atoms with Crippen molar-refractivity contribution in [1.82, 2.24) is 10.2 Å². The van der Waals surface area contributed by atoms with Crippen LogP contribution in [0.4, 0.5) is 14.5 Å². The van der Waals surface area contributed by atoms with Gasteiger partial charge in [0.05, 0.1) is 12.3 Å². The predicted octanol–water partition coefficient (Wildman–Crippen LogP) is 1.29. The van der Waals surface area contributed by atoms with E-state index in [1.165, 1.54) is 6.92 Å². The van der Waals surface area contributed by atoms with E-state index in [2.05, 4.69) is 10.2 Å². The summed E-state index contributed by atoms with van der Waals surface area (Å²) in [6.07, 6.45) is 0. The molecule has 2 rings (SSSR count). The number of nitrogens with one attached hydrogen (secondary N) is 2. The Balaban J connectivity index is 2.43. The Bertz CT molecular complexity index is 743. The van der Waals surface area contributed by atoms with Crippen LogP contribution in [0.3, 0.4) is 0 Å². The van der Waals surface area contributed by atoms with Gasteiger partial charge in [-0.3, -0.25) is 9.82 Å². The van der Waals surface area contributed by atoms with Gasteiger partial charge in [-0.2, -0.15) is 13.5 Å². The molecule has 0 saturated carbocycles. The Morgan fingerprint density at radius 1 is 1.40 bits per heavy atom. The van der Waals surface area contributed by atoms with E-state index in [9.17, 15) is 17.2 Å². The van der Waals surface area contributed by atoms with Crippen molar-refractivity contribution >= 4 is 15.7 Å². The van der Waals surface area contributed by atoms with Crippen LogP contribution in [0.1, 0.15) is 11.3 Å². The molecule has 0 fully saturated rings. The molecule has 0 atom stereocenters. The zero-order valence-corrected chi connectivity index (χ0v) is 11.1. The fourth-order valence-electron chi connectivity index (χ4n) is 1.61. The normalized spacial score (nSPS) is 11.6. The summed E-state index contributed by atoms with van der Waals surface area (Å²) < 4.78 is 52.5. The van der Waals surface area contributed by atoms with Crippen molar-refractivity contribution < 1.29 is 22.3 Å². The van der Waals surface area contributed by atoms with Crippen molar-refractivity contribution in [2.24, 2.45) is 0 Å². The standard InChI is InChI=1S/C11H11F2N3O3S/c1-6-8(5-17)11(15-14-6)20(18,19)16-10-4-7(12)2-3-9(10)13/h2-4,16-17H,5H2,1H3,(H,14,15). The van der Waals surface area contributed by atoms with Crippen molar-refractivity contribution in [3.63, 3.8) is 0 Å². The number of hydrogen-bond acceptors (Lipinski definition) is 4. The van der Waals surface area contributed by atoms with E-state index < -0.39 is 39.0 Å². The predicted molar refractivity (Wildman–Crippen MR) is 66.4 cm³/mol. The summed E-state index contributed by atoms with van der Waals surface area (Å²) in [6.45, 7) is 0.977. The molecule has 0 unspecified atom stereocenters. The molecule has 0 aliphatic rings. The molecular formula is C11H11F2N3O3S. The number of halogens is 2. The number of anilines is 1. The first-order valence-corrected chi connectivity index (χ1v) is 6.96. The Morgan fingerprint density at radius 2 is 2.10 bits per heavy atom.